The van der Waals surface area contributed by atoms with Crippen LogP contribution in [0.15, 0.2) is 60.7 Å². The van der Waals surface area contributed by atoms with Crippen molar-refractivity contribution in [2.24, 2.45) is 0 Å². The summed E-state index contributed by atoms with van der Waals surface area (Å²) in [6, 6.07) is 20.4. The highest BCUT2D eigenvalue weighted by atomic mass is 35.5. The number of methoxy groups -OCH3 is 2. The maximum Gasteiger partial charge on any atom is 0.127 e. The Labute approximate surface area is 207 Å². The Hall–Kier alpha value is -2.89. The van der Waals surface area contributed by atoms with Gasteiger partial charge in [0.1, 0.15) is 23.9 Å². The third-order valence-electron chi connectivity index (χ3n) is 6.35. The van der Waals surface area contributed by atoms with Crippen molar-refractivity contribution >= 4 is 17.3 Å². The second-order valence-corrected chi connectivity index (χ2v) is 9.10. The van der Waals surface area contributed by atoms with Crippen molar-refractivity contribution in [3.05, 3.63) is 82.4 Å². The summed E-state index contributed by atoms with van der Waals surface area (Å²) in [6.45, 7) is 7.94. The zero-order chi connectivity index (χ0) is 23.9. The molecule has 180 valence electrons. The van der Waals surface area contributed by atoms with E-state index in [1.54, 1.807) is 14.2 Å². The maximum atomic E-state index is 6.21. The third-order valence-corrected chi connectivity index (χ3v) is 6.59. The molecule has 3 aromatic rings. The van der Waals surface area contributed by atoms with Crippen LogP contribution in [-0.4, -0.2) is 51.8 Å². The lowest BCUT2D eigenvalue weighted by molar-refractivity contribution is 0.261. The Morgan fingerprint density at radius 1 is 0.765 bits per heavy atom. The monoisotopic (exact) mass is 480 g/mol. The Balaban J connectivity index is 1.23. The molecule has 1 saturated heterocycles. The van der Waals surface area contributed by atoms with Crippen molar-refractivity contribution in [2.75, 3.05) is 51.8 Å². The molecule has 0 unspecified atom stereocenters. The number of nitrogens with zero attached hydrogens (tertiary/aromatic N) is 2. The quantitative estimate of drug-likeness (QED) is 0.397. The van der Waals surface area contributed by atoms with Crippen LogP contribution >= 0.6 is 11.6 Å². The number of piperazine rings is 1. The second kappa shape index (κ2) is 11.5. The fraction of sp³-hybridized carbons (Fsp3) is 0.357. The molecule has 1 heterocycles. The highest BCUT2D eigenvalue weighted by molar-refractivity contribution is 6.30. The Morgan fingerprint density at radius 3 is 2.03 bits per heavy atom. The average Bonchev–Trinajstić information content (AvgIpc) is 2.88. The van der Waals surface area contributed by atoms with Gasteiger partial charge in [0.05, 0.1) is 14.2 Å². The van der Waals surface area contributed by atoms with E-state index in [9.17, 15) is 0 Å². The topological polar surface area (TPSA) is 34.2 Å². The van der Waals surface area contributed by atoms with Crippen LogP contribution in [0.3, 0.4) is 0 Å². The van der Waals surface area contributed by atoms with E-state index in [1.807, 2.05) is 24.3 Å². The van der Waals surface area contributed by atoms with Gasteiger partial charge in [-0.3, -0.25) is 4.90 Å². The summed E-state index contributed by atoms with van der Waals surface area (Å²) in [5, 5.41) is 0.806. The molecular weight excluding hydrogens is 448 g/mol. The molecule has 6 heteroatoms. The first-order chi connectivity index (χ1) is 16.5. The molecule has 0 spiro atoms. The summed E-state index contributed by atoms with van der Waals surface area (Å²) in [7, 11) is 3.27. The number of ether oxygens (including phenoxy) is 3. The first-order valence-corrected chi connectivity index (χ1v) is 12.1. The van der Waals surface area contributed by atoms with Crippen molar-refractivity contribution in [3.63, 3.8) is 0 Å². The summed E-state index contributed by atoms with van der Waals surface area (Å²) in [5.74, 6) is 2.16. The van der Waals surface area contributed by atoms with Gasteiger partial charge in [0.2, 0.25) is 0 Å². The molecule has 0 N–H and O–H groups in total. The molecule has 0 saturated carbocycles. The zero-order valence-corrected chi connectivity index (χ0v) is 21.0. The Morgan fingerprint density at radius 2 is 1.38 bits per heavy atom. The summed E-state index contributed by atoms with van der Waals surface area (Å²) < 4.78 is 16.6. The molecule has 1 aliphatic heterocycles. The number of hydrogen-bond donors (Lipinski definition) is 0. The van der Waals surface area contributed by atoms with Crippen LogP contribution in [-0.2, 0) is 13.0 Å². The van der Waals surface area contributed by atoms with E-state index in [1.165, 1.54) is 16.8 Å². The maximum absolute atomic E-state index is 6.21. The largest absolute Gasteiger partial charge is 0.496 e. The van der Waals surface area contributed by atoms with Crippen LogP contribution < -0.4 is 19.1 Å². The van der Waals surface area contributed by atoms with E-state index < -0.39 is 0 Å². The second-order valence-electron chi connectivity index (χ2n) is 8.66. The highest BCUT2D eigenvalue weighted by Gasteiger charge is 2.18. The Kier molecular flexibility index (Phi) is 8.20. The molecule has 0 aliphatic carbocycles. The zero-order valence-electron chi connectivity index (χ0n) is 20.2. The van der Waals surface area contributed by atoms with Gasteiger partial charge in [-0.05, 0) is 42.2 Å². The number of aryl methyl sites for hydroxylation is 1. The molecule has 0 atom stereocenters. The molecule has 3 aromatic carbocycles. The number of rotatable bonds is 9. The number of halogens is 1. The SMILES string of the molecule is COc1cc(OC)cc(OCc2ccc(CCN3CCN(c4cc(Cl)ccc4C)CC3)cc2)c1. The van der Waals surface area contributed by atoms with Crippen molar-refractivity contribution in [2.45, 2.75) is 20.0 Å². The lowest BCUT2D eigenvalue weighted by atomic mass is 10.1. The predicted molar refractivity (Wildman–Crippen MR) is 139 cm³/mol. The molecule has 0 amide bonds. The van der Waals surface area contributed by atoms with Crippen molar-refractivity contribution in [1.29, 1.82) is 0 Å². The van der Waals surface area contributed by atoms with E-state index >= 15 is 0 Å². The van der Waals surface area contributed by atoms with Crippen LogP contribution in [0.4, 0.5) is 5.69 Å². The first-order valence-electron chi connectivity index (χ1n) is 11.7. The summed E-state index contributed by atoms with van der Waals surface area (Å²) in [4.78, 5) is 4.99. The van der Waals surface area contributed by atoms with Gasteiger partial charge in [-0.15, -0.1) is 0 Å². The summed E-state index contributed by atoms with van der Waals surface area (Å²) in [5.41, 5.74) is 5.03. The predicted octanol–water partition coefficient (Wildman–Crippen LogP) is 5.61. The van der Waals surface area contributed by atoms with Gasteiger partial charge in [0, 0.05) is 61.6 Å². The fourth-order valence-corrected chi connectivity index (χ4v) is 4.42. The lowest BCUT2D eigenvalue weighted by Gasteiger charge is -2.37. The molecule has 34 heavy (non-hydrogen) atoms. The smallest absolute Gasteiger partial charge is 0.127 e. The van der Waals surface area contributed by atoms with Crippen LogP contribution in [0, 0.1) is 6.92 Å². The van der Waals surface area contributed by atoms with Gasteiger partial charge >= 0.3 is 0 Å². The normalized spacial score (nSPS) is 14.2. The molecular formula is C28H33ClN2O3. The summed E-state index contributed by atoms with van der Waals surface area (Å²) in [6.07, 6.45) is 1.05. The third kappa shape index (κ3) is 6.37. The first kappa shape index (κ1) is 24.2. The average molecular weight is 481 g/mol. The van der Waals surface area contributed by atoms with Crippen LogP contribution in [0.2, 0.25) is 5.02 Å². The molecule has 0 bridgehead atoms. The van der Waals surface area contributed by atoms with Crippen LogP contribution in [0.25, 0.3) is 0 Å². The standard InChI is InChI=1S/C28H33ClN2O3/c1-21-4-9-24(29)16-28(21)31-14-12-30(13-15-31)11-10-22-5-7-23(8-6-22)20-34-27-18-25(32-2)17-26(19-27)33-3/h4-9,16-19H,10-15,20H2,1-3H3. The number of anilines is 1. The van der Waals surface area contributed by atoms with Gasteiger partial charge in [0.15, 0.2) is 0 Å². The highest BCUT2D eigenvalue weighted by Crippen LogP contribution is 2.28. The van der Waals surface area contributed by atoms with E-state index in [0.29, 0.717) is 18.1 Å². The van der Waals surface area contributed by atoms with Crippen molar-refractivity contribution in [3.8, 4) is 17.2 Å². The van der Waals surface area contributed by atoms with Crippen LogP contribution in [0.1, 0.15) is 16.7 Å². The minimum absolute atomic E-state index is 0.501. The van der Waals surface area contributed by atoms with Gasteiger partial charge in [-0.25, -0.2) is 0 Å². The van der Waals surface area contributed by atoms with E-state index in [2.05, 4.69) is 53.1 Å². The lowest BCUT2D eigenvalue weighted by Crippen LogP contribution is -2.47. The van der Waals surface area contributed by atoms with Crippen molar-refractivity contribution in [1.82, 2.24) is 4.90 Å². The van der Waals surface area contributed by atoms with E-state index in [4.69, 9.17) is 25.8 Å². The molecule has 1 fully saturated rings. The molecule has 4 rings (SSSR count). The van der Waals surface area contributed by atoms with E-state index in [-0.39, 0.29) is 0 Å². The number of benzene rings is 3. The molecule has 0 radical (unpaired) electrons. The van der Waals surface area contributed by atoms with Gasteiger partial charge in [-0.2, -0.15) is 0 Å². The minimum atomic E-state index is 0.501. The van der Waals surface area contributed by atoms with Gasteiger partial charge in [0.25, 0.3) is 0 Å². The minimum Gasteiger partial charge on any atom is -0.496 e. The van der Waals surface area contributed by atoms with Crippen molar-refractivity contribution < 1.29 is 14.2 Å². The number of hydrogen-bond acceptors (Lipinski definition) is 5. The van der Waals surface area contributed by atoms with E-state index in [0.717, 1.165) is 55.5 Å². The van der Waals surface area contributed by atoms with Gasteiger partial charge in [-0.1, -0.05) is 41.9 Å². The molecule has 1 aliphatic rings. The molecule has 5 nitrogen and oxygen atoms in total. The summed E-state index contributed by atoms with van der Waals surface area (Å²) >= 11 is 6.21. The fourth-order valence-electron chi connectivity index (χ4n) is 4.26. The van der Waals surface area contributed by atoms with Crippen LogP contribution in [0.5, 0.6) is 17.2 Å². The van der Waals surface area contributed by atoms with Gasteiger partial charge < -0.3 is 19.1 Å². The molecule has 0 aromatic heterocycles. The Bertz CT molecular complexity index is 1060.